The van der Waals surface area contributed by atoms with Crippen molar-refractivity contribution in [1.29, 1.82) is 0 Å². The van der Waals surface area contributed by atoms with Crippen molar-refractivity contribution >= 4 is 22.3 Å². The first-order valence-corrected chi connectivity index (χ1v) is 10.1. The molecule has 4 rings (SSSR count). The molecule has 3 heterocycles. The Morgan fingerprint density at radius 3 is 2.64 bits per heavy atom. The predicted octanol–water partition coefficient (Wildman–Crippen LogP) is 4.21. The van der Waals surface area contributed by atoms with E-state index < -0.39 is 0 Å². The van der Waals surface area contributed by atoms with Gasteiger partial charge in [-0.1, -0.05) is 35.5 Å². The lowest BCUT2D eigenvalue weighted by Gasteiger charge is -2.28. The maximum absolute atomic E-state index is 12.7. The Labute approximate surface area is 167 Å². The predicted molar refractivity (Wildman–Crippen MR) is 108 cm³/mol. The molecule has 7 heteroatoms. The average molecular weight is 398 g/mol. The molecule has 0 aliphatic carbocycles. The molecule has 0 unspecified atom stereocenters. The van der Waals surface area contributed by atoms with E-state index in [4.69, 9.17) is 14.0 Å². The van der Waals surface area contributed by atoms with E-state index in [9.17, 15) is 4.79 Å². The highest BCUT2D eigenvalue weighted by Crippen LogP contribution is 2.39. The normalized spacial score (nSPS) is 14.3. The van der Waals surface area contributed by atoms with Gasteiger partial charge in [-0.05, 0) is 25.5 Å². The van der Waals surface area contributed by atoms with Crippen molar-refractivity contribution in [2.24, 2.45) is 0 Å². The van der Waals surface area contributed by atoms with Crippen LogP contribution in [0, 0.1) is 13.8 Å². The molecule has 1 aliphatic heterocycles. The molecule has 0 N–H and O–H groups in total. The highest BCUT2D eigenvalue weighted by Gasteiger charge is 2.23. The number of benzene rings is 1. The third-order valence-electron chi connectivity index (χ3n) is 4.83. The second-order valence-corrected chi connectivity index (χ2v) is 7.70. The van der Waals surface area contributed by atoms with Crippen LogP contribution in [-0.4, -0.2) is 37.4 Å². The van der Waals surface area contributed by atoms with Gasteiger partial charge >= 0.3 is 5.97 Å². The molecular weight excluding hydrogens is 376 g/mol. The molecule has 0 bridgehead atoms. The zero-order chi connectivity index (χ0) is 19.5. The first-order valence-electron chi connectivity index (χ1n) is 9.24. The largest absolute Gasteiger partial charge is 0.456 e. The first kappa shape index (κ1) is 18.7. The Kier molecular flexibility index (Phi) is 5.45. The van der Waals surface area contributed by atoms with Gasteiger partial charge in [0.15, 0.2) is 0 Å². The van der Waals surface area contributed by atoms with Crippen LogP contribution in [0.4, 0.5) is 5.00 Å². The molecule has 1 aliphatic rings. The topological polar surface area (TPSA) is 64.8 Å². The van der Waals surface area contributed by atoms with Gasteiger partial charge in [0.2, 0.25) is 0 Å². The average Bonchev–Trinajstić information content (AvgIpc) is 3.32. The Hall–Kier alpha value is -2.64. The maximum atomic E-state index is 12.7. The zero-order valence-electron chi connectivity index (χ0n) is 15.9. The van der Waals surface area contributed by atoms with Gasteiger partial charge in [-0.2, -0.15) is 0 Å². The van der Waals surface area contributed by atoms with Crippen LogP contribution in [0.3, 0.4) is 0 Å². The van der Waals surface area contributed by atoms with E-state index in [1.807, 2.05) is 38.1 Å². The Morgan fingerprint density at radius 2 is 1.96 bits per heavy atom. The summed E-state index contributed by atoms with van der Waals surface area (Å²) in [4.78, 5) is 15.6. The molecule has 1 saturated heterocycles. The molecule has 0 amide bonds. The third kappa shape index (κ3) is 3.81. The molecule has 3 aromatic rings. The van der Waals surface area contributed by atoms with Crippen molar-refractivity contribution in [2.75, 3.05) is 31.2 Å². The Bertz CT molecular complexity index is 939. The summed E-state index contributed by atoms with van der Waals surface area (Å²) in [6.07, 6.45) is 0. The molecule has 0 spiro atoms. The molecule has 2 aromatic heterocycles. The monoisotopic (exact) mass is 398 g/mol. The second kappa shape index (κ2) is 8.16. The smallest absolute Gasteiger partial charge is 0.348 e. The van der Waals surface area contributed by atoms with E-state index in [1.54, 1.807) is 0 Å². The minimum atomic E-state index is -0.332. The van der Waals surface area contributed by atoms with E-state index in [2.05, 4.69) is 22.2 Å². The second-order valence-electron chi connectivity index (χ2n) is 6.67. The van der Waals surface area contributed by atoms with Gasteiger partial charge in [-0.25, -0.2) is 4.79 Å². The number of aromatic nitrogens is 1. The van der Waals surface area contributed by atoms with E-state index in [-0.39, 0.29) is 12.6 Å². The number of morpholine rings is 1. The highest BCUT2D eigenvalue weighted by atomic mass is 32.1. The van der Waals surface area contributed by atoms with Crippen LogP contribution < -0.4 is 4.90 Å². The van der Waals surface area contributed by atoms with Crippen LogP contribution in [0.1, 0.15) is 26.7 Å². The van der Waals surface area contributed by atoms with E-state index in [1.165, 1.54) is 11.3 Å². The van der Waals surface area contributed by atoms with E-state index in [0.717, 1.165) is 40.5 Å². The van der Waals surface area contributed by atoms with Gasteiger partial charge in [-0.3, -0.25) is 0 Å². The summed E-state index contributed by atoms with van der Waals surface area (Å²) in [6, 6.07) is 12.1. The SMILES string of the molecule is Cc1noc(C)c1COC(=O)c1cc(-c2ccccc2)c(N2CCOCC2)s1. The lowest BCUT2D eigenvalue weighted by molar-refractivity contribution is 0.0476. The third-order valence-corrected chi connectivity index (χ3v) is 6.00. The molecular formula is C21H22N2O4S. The molecule has 28 heavy (non-hydrogen) atoms. The van der Waals surface area contributed by atoms with Crippen molar-refractivity contribution in [3.63, 3.8) is 0 Å². The summed E-state index contributed by atoms with van der Waals surface area (Å²) < 4.78 is 16.2. The minimum Gasteiger partial charge on any atom is -0.456 e. The lowest BCUT2D eigenvalue weighted by atomic mass is 10.1. The molecule has 1 aromatic carbocycles. The summed E-state index contributed by atoms with van der Waals surface area (Å²) in [7, 11) is 0. The standard InChI is InChI=1S/C21H22N2O4S/c1-14-18(15(2)27-22-14)13-26-21(24)19-12-17(16-6-4-3-5-7-16)20(28-19)23-8-10-25-11-9-23/h3-7,12H,8-11,13H2,1-2H3. The molecule has 0 atom stereocenters. The number of rotatable bonds is 5. The van der Waals surface area contributed by atoms with Gasteiger partial charge in [0, 0.05) is 18.7 Å². The Balaban J connectivity index is 1.60. The quantitative estimate of drug-likeness (QED) is 0.600. The fraction of sp³-hybridized carbons (Fsp3) is 0.333. The number of esters is 1. The molecule has 0 radical (unpaired) electrons. The number of ether oxygens (including phenoxy) is 2. The van der Waals surface area contributed by atoms with Gasteiger partial charge in [-0.15, -0.1) is 11.3 Å². The van der Waals surface area contributed by atoms with Crippen LogP contribution in [0.2, 0.25) is 0 Å². The Morgan fingerprint density at radius 1 is 1.21 bits per heavy atom. The van der Waals surface area contributed by atoms with Crippen LogP contribution in [-0.2, 0) is 16.1 Å². The number of nitrogens with zero attached hydrogens (tertiary/aromatic N) is 2. The molecule has 6 nitrogen and oxygen atoms in total. The maximum Gasteiger partial charge on any atom is 0.348 e. The number of carbonyl (C=O) groups is 1. The molecule has 0 saturated carbocycles. The van der Waals surface area contributed by atoms with Crippen molar-refractivity contribution < 1.29 is 18.8 Å². The lowest BCUT2D eigenvalue weighted by Crippen LogP contribution is -2.35. The van der Waals surface area contributed by atoms with Crippen molar-refractivity contribution in [2.45, 2.75) is 20.5 Å². The summed E-state index contributed by atoms with van der Waals surface area (Å²) in [5.41, 5.74) is 3.71. The highest BCUT2D eigenvalue weighted by molar-refractivity contribution is 7.18. The van der Waals surface area contributed by atoms with Crippen molar-refractivity contribution in [3.05, 3.63) is 58.3 Å². The molecule has 146 valence electrons. The van der Waals surface area contributed by atoms with E-state index >= 15 is 0 Å². The number of hydrogen-bond acceptors (Lipinski definition) is 7. The van der Waals surface area contributed by atoms with Crippen molar-refractivity contribution in [3.8, 4) is 11.1 Å². The number of thiophene rings is 1. The summed E-state index contributed by atoms with van der Waals surface area (Å²) in [5, 5.41) is 4.99. The minimum absolute atomic E-state index is 0.158. The van der Waals surface area contributed by atoms with Crippen molar-refractivity contribution in [1.82, 2.24) is 5.16 Å². The van der Waals surface area contributed by atoms with Gasteiger partial charge < -0.3 is 18.9 Å². The first-order chi connectivity index (χ1) is 13.6. The van der Waals surface area contributed by atoms with Crippen LogP contribution in [0.5, 0.6) is 0 Å². The molecule has 1 fully saturated rings. The summed E-state index contributed by atoms with van der Waals surface area (Å²) in [5.74, 6) is 0.345. The zero-order valence-corrected chi connectivity index (χ0v) is 16.8. The van der Waals surface area contributed by atoms with Crippen LogP contribution in [0.25, 0.3) is 11.1 Å². The number of anilines is 1. The number of aryl methyl sites for hydroxylation is 2. The van der Waals surface area contributed by atoms with Gasteiger partial charge in [0.05, 0.1) is 29.5 Å². The van der Waals surface area contributed by atoms with Gasteiger partial charge in [0.1, 0.15) is 17.2 Å². The summed E-state index contributed by atoms with van der Waals surface area (Å²) in [6.45, 7) is 6.83. The fourth-order valence-electron chi connectivity index (χ4n) is 3.22. The summed E-state index contributed by atoms with van der Waals surface area (Å²) >= 11 is 1.47. The fourth-order valence-corrected chi connectivity index (χ4v) is 4.35. The number of carbonyl (C=O) groups excluding carboxylic acids is 1. The van der Waals surface area contributed by atoms with Gasteiger partial charge in [0.25, 0.3) is 0 Å². The number of hydrogen-bond donors (Lipinski definition) is 0. The van der Waals surface area contributed by atoms with Crippen LogP contribution in [0.15, 0.2) is 40.9 Å². The van der Waals surface area contributed by atoms with Crippen LogP contribution >= 0.6 is 11.3 Å². The van der Waals surface area contributed by atoms with E-state index in [0.29, 0.717) is 23.9 Å².